The van der Waals surface area contributed by atoms with Crippen molar-refractivity contribution in [3.05, 3.63) is 29.6 Å². The summed E-state index contributed by atoms with van der Waals surface area (Å²) >= 11 is 0. The van der Waals surface area contributed by atoms with Crippen LogP contribution in [0.15, 0.2) is 18.2 Å². The van der Waals surface area contributed by atoms with E-state index in [-0.39, 0.29) is 40.9 Å². The Hall–Kier alpha value is -1.96. The summed E-state index contributed by atoms with van der Waals surface area (Å²) in [6.45, 7) is 2.34. The van der Waals surface area contributed by atoms with Crippen LogP contribution in [-0.2, 0) is 19.4 Å². The minimum absolute atomic E-state index is 0.00778. The van der Waals surface area contributed by atoms with Crippen LogP contribution in [0.5, 0.6) is 5.75 Å². The number of sulfone groups is 1. The molecule has 1 N–H and O–H groups in total. The van der Waals surface area contributed by atoms with Gasteiger partial charge in [-0.25, -0.2) is 12.8 Å². The first kappa shape index (κ1) is 23.7. The molecule has 2 aliphatic rings. The highest BCUT2D eigenvalue weighted by molar-refractivity contribution is 7.91. The lowest BCUT2D eigenvalue weighted by Gasteiger charge is -2.20. The molecule has 1 aromatic rings. The van der Waals surface area contributed by atoms with E-state index in [4.69, 9.17) is 4.74 Å². The predicted octanol–water partition coefficient (Wildman–Crippen LogP) is 3.75. The van der Waals surface area contributed by atoms with Crippen LogP contribution in [0.2, 0.25) is 0 Å². The average molecular weight is 454 g/mol. The van der Waals surface area contributed by atoms with Crippen molar-refractivity contribution in [2.24, 2.45) is 11.8 Å². The van der Waals surface area contributed by atoms with E-state index in [0.717, 1.165) is 31.2 Å². The molecule has 8 heteroatoms. The van der Waals surface area contributed by atoms with Crippen molar-refractivity contribution in [2.75, 3.05) is 18.1 Å². The Kier molecular flexibility index (Phi) is 8.08. The highest BCUT2D eigenvalue weighted by Gasteiger charge is 2.26. The average Bonchev–Trinajstić information content (AvgIpc) is 3.52. The molecule has 1 heterocycles. The molecule has 2 unspecified atom stereocenters. The normalized spacial score (nSPS) is 20.4. The number of halogens is 1. The lowest BCUT2D eigenvalue weighted by atomic mass is 9.92. The minimum Gasteiger partial charge on any atom is -0.490 e. The number of amides is 2. The molecule has 0 bridgehead atoms. The lowest BCUT2D eigenvalue weighted by Crippen LogP contribution is -2.40. The molecule has 3 rings (SSSR count). The smallest absolute Gasteiger partial charge is 0.229 e. The Labute approximate surface area is 183 Å². The van der Waals surface area contributed by atoms with Gasteiger partial charge in [-0.2, -0.15) is 0 Å². The zero-order valence-electron chi connectivity index (χ0n) is 18.1. The van der Waals surface area contributed by atoms with Crippen LogP contribution < -0.4 is 10.1 Å². The highest BCUT2D eigenvalue weighted by Crippen LogP contribution is 2.31. The molecule has 1 aliphatic heterocycles. The Bertz CT molecular complexity index is 897. The molecule has 172 valence electrons. The summed E-state index contributed by atoms with van der Waals surface area (Å²) in [5, 5.41) is 2.35. The summed E-state index contributed by atoms with van der Waals surface area (Å²) < 4.78 is 44.6. The maximum absolute atomic E-state index is 14.0. The summed E-state index contributed by atoms with van der Waals surface area (Å²) in [6.07, 6.45) is 5.88. The summed E-state index contributed by atoms with van der Waals surface area (Å²) in [6, 6.07) is 4.59. The third kappa shape index (κ3) is 7.59. The zero-order chi connectivity index (χ0) is 22.4. The van der Waals surface area contributed by atoms with Crippen LogP contribution in [0.1, 0.15) is 69.8 Å². The van der Waals surface area contributed by atoms with Crippen LogP contribution >= 0.6 is 0 Å². The third-order valence-corrected chi connectivity index (χ3v) is 7.98. The number of ether oxygens (including phenoxy) is 1. The van der Waals surface area contributed by atoms with Crippen molar-refractivity contribution >= 4 is 21.7 Å². The molecule has 0 radical (unpaired) electrons. The molecule has 1 saturated heterocycles. The second kappa shape index (κ2) is 10.6. The van der Waals surface area contributed by atoms with E-state index < -0.39 is 15.7 Å². The summed E-state index contributed by atoms with van der Waals surface area (Å²) in [5.74, 6) is -0.441. The van der Waals surface area contributed by atoms with Gasteiger partial charge in [0.05, 0.1) is 18.1 Å². The van der Waals surface area contributed by atoms with E-state index in [0.29, 0.717) is 38.2 Å². The maximum Gasteiger partial charge on any atom is 0.229 e. The largest absolute Gasteiger partial charge is 0.490 e. The lowest BCUT2D eigenvalue weighted by molar-refractivity contribution is -0.136. The zero-order valence-corrected chi connectivity index (χ0v) is 18.9. The second-order valence-corrected chi connectivity index (χ2v) is 11.2. The number of imide groups is 1. The number of carbonyl (C=O) groups excluding carboxylic acids is 2. The van der Waals surface area contributed by atoms with Crippen LogP contribution in [0.25, 0.3) is 0 Å². The number of hydrogen-bond acceptors (Lipinski definition) is 5. The fourth-order valence-electron chi connectivity index (χ4n) is 3.89. The Morgan fingerprint density at radius 2 is 1.94 bits per heavy atom. The van der Waals surface area contributed by atoms with Gasteiger partial charge >= 0.3 is 0 Å². The molecule has 1 aliphatic carbocycles. The number of carbonyl (C=O) groups is 2. The molecule has 2 fully saturated rings. The Morgan fingerprint density at radius 3 is 2.65 bits per heavy atom. The first-order chi connectivity index (χ1) is 14.7. The van der Waals surface area contributed by atoms with E-state index in [1.54, 1.807) is 12.1 Å². The first-order valence-corrected chi connectivity index (χ1v) is 13.0. The Balaban J connectivity index is 1.40. The molecule has 31 heavy (non-hydrogen) atoms. The van der Waals surface area contributed by atoms with Gasteiger partial charge in [0, 0.05) is 12.3 Å². The first-order valence-electron chi connectivity index (χ1n) is 11.2. The van der Waals surface area contributed by atoms with Gasteiger partial charge in [0.2, 0.25) is 11.8 Å². The quantitative estimate of drug-likeness (QED) is 0.385. The molecule has 1 aromatic carbocycles. The number of rotatable bonds is 12. The number of hydrogen-bond donors (Lipinski definition) is 1. The van der Waals surface area contributed by atoms with Crippen molar-refractivity contribution in [3.8, 4) is 5.75 Å². The fourth-order valence-corrected chi connectivity index (χ4v) is 5.66. The van der Waals surface area contributed by atoms with Crippen LogP contribution in [0.4, 0.5) is 4.39 Å². The van der Waals surface area contributed by atoms with Crippen molar-refractivity contribution in [1.29, 1.82) is 0 Å². The van der Waals surface area contributed by atoms with Gasteiger partial charge in [0.1, 0.15) is 0 Å². The van der Waals surface area contributed by atoms with E-state index in [2.05, 4.69) is 5.32 Å². The van der Waals surface area contributed by atoms with E-state index in [1.165, 1.54) is 6.07 Å². The standard InChI is InChI=1S/C23H32FNO5S/c1-16(19-8-10-20(24)21(13-19)30-14-17-6-7-17)15-31(28,29)12-4-2-3-5-18-9-11-22(26)25-23(18)27/h8,10,13,16-18H,2-7,9,11-12,14-15H2,1H3,(H,25,26,27). The van der Waals surface area contributed by atoms with Gasteiger partial charge in [-0.3, -0.25) is 14.9 Å². The van der Waals surface area contributed by atoms with Gasteiger partial charge in [-0.05, 0) is 61.6 Å². The molecule has 0 spiro atoms. The van der Waals surface area contributed by atoms with Crippen LogP contribution in [-0.4, -0.2) is 38.3 Å². The van der Waals surface area contributed by atoms with Crippen molar-refractivity contribution in [3.63, 3.8) is 0 Å². The second-order valence-electron chi connectivity index (χ2n) is 8.96. The minimum atomic E-state index is -3.25. The van der Waals surface area contributed by atoms with Crippen molar-refractivity contribution in [1.82, 2.24) is 5.32 Å². The van der Waals surface area contributed by atoms with Gasteiger partial charge in [0.25, 0.3) is 0 Å². The summed E-state index contributed by atoms with van der Waals surface area (Å²) in [4.78, 5) is 22.9. The molecular formula is C23H32FNO5S. The fraction of sp³-hybridized carbons (Fsp3) is 0.652. The summed E-state index contributed by atoms with van der Waals surface area (Å²) in [5.41, 5.74) is 0.758. The predicted molar refractivity (Wildman–Crippen MR) is 116 cm³/mol. The monoisotopic (exact) mass is 453 g/mol. The van der Waals surface area contributed by atoms with Gasteiger partial charge < -0.3 is 4.74 Å². The number of benzene rings is 1. The molecule has 1 saturated carbocycles. The molecule has 2 atom stereocenters. The number of nitrogens with one attached hydrogen (secondary N) is 1. The maximum atomic E-state index is 14.0. The highest BCUT2D eigenvalue weighted by atomic mass is 32.2. The van der Waals surface area contributed by atoms with Gasteiger partial charge in [-0.15, -0.1) is 0 Å². The number of unbranched alkanes of at least 4 members (excludes halogenated alkanes) is 2. The van der Waals surface area contributed by atoms with E-state index >= 15 is 0 Å². The third-order valence-electron chi connectivity index (χ3n) is 6.06. The van der Waals surface area contributed by atoms with Gasteiger partial charge in [-0.1, -0.05) is 25.8 Å². The molecular weight excluding hydrogens is 421 g/mol. The summed E-state index contributed by atoms with van der Waals surface area (Å²) in [7, 11) is -3.25. The number of piperidine rings is 1. The molecule has 2 amide bonds. The van der Waals surface area contributed by atoms with Gasteiger partial charge in [0.15, 0.2) is 21.4 Å². The van der Waals surface area contributed by atoms with E-state index in [1.807, 2.05) is 6.92 Å². The van der Waals surface area contributed by atoms with Crippen LogP contribution in [0.3, 0.4) is 0 Å². The van der Waals surface area contributed by atoms with Crippen molar-refractivity contribution < 1.29 is 27.1 Å². The SMILES string of the molecule is CC(CS(=O)(=O)CCCCCC1CCC(=O)NC1=O)c1ccc(F)c(OCC2CC2)c1. The Morgan fingerprint density at radius 1 is 1.16 bits per heavy atom. The van der Waals surface area contributed by atoms with E-state index in [9.17, 15) is 22.4 Å². The van der Waals surface area contributed by atoms with Crippen LogP contribution in [0, 0.1) is 17.7 Å². The molecule has 6 nitrogen and oxygen atoms in total. The topological polar surface area (TPSA) is 89.5 Å². The van der Waals surface area contributed by atoms with Crippen molar-refractivity contribution in [2.45, 2.75) is 64.2 Å². The molecule has 0 aromatic heterocycles.